The molecule has 3 aliphatic rings. The van der Waals surface area contributed by atoms with Crippen molar-refractivity contribution in [1.29, 1.82) is 0 Å². The quantitative estimate of drug-likeness (QED) is 0.704. The molecule has 1 aromatic heterocycles. The second kappa shape index (κ2) is 6.48. The molecule has 2 fully saturated rings. The van der Waals surface area contributed by atoms with Crippen LogP contribution in [0.15, 0.2) is 24.5 Å². The van der Waals surface area contributed by atoms with Gasteiger partial charge in [0.05, 0.1) is 31.0 Å². The lowest BCUT2D eigenvalue weighted by Gasteiger charge is -2.27. The maximum Gasteiger partial charge on any atom is 0.230 e. The van der Waals surface area contributed by atoms with Crippen LogP contribution in [0.5, 0.6) is 0 Å². The number of aromatic nitrogens is 2. The summed E-state index contributed by atoms with van der Waals surface area (Å²) < 4.78 is 8.09. The van der Waals surface area contributed by atoms with Crippen LogP contribution < -0.4 is 0 Å². The minimum absolute atomic E-state index is 0.0433. The van der Waals surface area contributed by atoms with E-state index in [9.17, 15) is 9.59 Å². The van der Waals surface area contributed by atoms with Gasteiger partial charge in [-0.15, -0.1) is 0 Å². The van der Waals surface area contributed by atoms with Crippen LogP contribution in [0.3, 0.4) is 0 Å². The summed E-state index contributed by atoms with van der Waals surface area (Å²) in [5.41, 5.74) is -0.622. The van der Waals surface area contributed by atoms with E-state index in [0.717, 1.165) is 18.8 Å². The highest BCUT2D eigenvalue weighted by molar-refractivity contribution is 5.92. The molecular formula is C20H28N4O3. The van der Waals surface area contributed by atoms with Crippen molar-refractivity contribution >= 4 is 11.8 Å². The minimum atomic E-state index is -0.622. The first-order valence-corrected chi connectivity index (χ1v) is 9.69. The molecule has 7 heteroatoms. The predicted octanol–water partition coefficient (Wildman–Crippen LogP) is 1.21. The molecule has 4 atom stereocenters. The van der Waals surface area contributed by atoms with Gasteiger partial charge in [-0.3, -0.25) is 9.59 Å². The average molecular weight is 372 g/mol. The van der Waals surface area contributed by atoms with Crippen molar-refractivity contribution < 1.29 is 14.3 Å². The van der Waals surface area contributed by atoms with Gasteiger partial charge >= 0.3 is 0 Å². The fraction of sp³-hybridized carbons (Fsp3) is 0.650. The van der Waals surface area contributed by atoms with Crippen LogP contribution >= 0.6 is 0 Å². The molecule has 0 radical (unpaired) electrons. The average Bonchev–Trinajstić information content (AvgIpc) is 3.35. The van der Waals surface area contributed by atoms with Crippen LogP contribution in [0, 0.1) is 17.8 Å². The summed E-state index contributed by atoms with van der Waals surface area (Å²) in [5.74, 6) is 0.513. The molecule has 2 saturated heterocycles. The van der Waals surface area contributed by atoms with Crippen LogP contribution in [0.25, 0.3) is 0 Å². The van der Waals surface area contributed by atoms with Gasteiger partial charge in [0.25, 0.3) is 0 Å². The summed E-state index contributed by atoms with van der Waals surface area (Å²) >= 11 is 0. The van der Waals surface area contributed by atoms with E-state index < -0.39 is 17.4 Å². The molecule has 0 aliphatic carbocycles. The van der Waals surface area contributed by atoms with Crippen molar-refractivity contribution in [1.82, 2.24) is 19.4 Å². The van der Waals surface area contributed by atoms with Crippen molar-refractivity contribution in [3.05, 3.63) is 30.4 Å². The Hall–Kier alpha value is -2.15. The smallest absolute Gasteiger partial charge is 0.230 e. The number of hydrogen-bond donors (Lipinski definition) is 0. The molecule has 7 nitrogen and oxygen atoms in total. The van der Waals surface area contributed by atoms with Crippen LogP contribution in [-0.4, -0.2) is 63.0 Å². The van der Waals surface area contributed by atoms with Gasteiger partial charge in [0.1, 0.15) is 11.4 Å². The second-order valence-electron chi connectivity index (χ2n) is 8.49. The zero-order valence-corrected chi connectivity index (χ0v) is 16.5. The van der Waals surface area contributed by atoms with Crippen LogP contribution in [0.1, 0.15) is 26.1 Å². The second-order valence-corrected chi connectivity index (χ2v) is 8.49. The molecular weight excluding hydrogens is 344 g/mol. The first-order valence-electron chi connectivity index (χ1n) is 9.69. The standard InChI is InChI=1S/C20H28N4O3/c1-13(2)6-9-24-12-20-7-5-14(27-20)16(17(20)19(24)26)18(25)23(4)11-15-21-8-10-22(15)3/h5,7-8,10,13-14,16-17H,6,9,11-12H2,1-4H3/t14-,16+,17+,20-/m0/s1. The van der Waals surface area contributed by atoms with Gasteiger partial charge in [0.15, 0.2) is 0 Å². The first-order chi connectivity index (χ1) is 12.8. The molecule has 0 unspecified atom stereocenters. The predicted molar refractivity (Wildman–Crippen MR) is 99.4 cm³/mol. The van der Waals surface area contributed by atoms with Crippen LogP contribution in [-0.2, 0) is 27.9 Å². The normalized spacial score (nSPS) is 31.2. The summed E-state index contributed by atoms with van der Waals surface area (Å²) in [4.78, 5) is 34.2. The lowest BCUT2D eigenvalue weighted by Crippen LogP contribution is -2.44. The van der Waals surface area contributed by atoms with E-state index in [2.05, 4.69) is 18.8 Å². The Labute approximate surface area is 160 Å². The highest BCUT2D eigenvalue weighted by Gasteiger charge is 2.66. The fourth-order valence-corrected chi connectivity index (χ4v) is 4.56. The zero-order valence-electron chi connectivity index (χ0n) is 16.5. The van der Waals surface area contributed by atoms with Gasteiger partial charge in [-0.1, -0.05) is 26.0 Å². The number of likely N-dealkylation sites (tertiary alicyclic amines) is 1. The molecule has 27 heavy (non-hydrogen) atoms. The Morgan fingerprint density at radius 2 is 2.26 bits per heavy atom. The largest absolute Gasteiger partial charge is 0.360 e. The number of imidazole rings is 1. The Morgan fingerprint density at radius 1 is 1.48 bits per heavy atom. The van der Waals surface area contributed by atoms with Crippen LogP contribution in [0.2, 0.25) is 0 Å². The molecule has 4 rings (SSSR count). The van der Waals surface area contributed by atoms with E-state index in [1.165, 1.54) is 0 Å². The molecule has 0 saturated carbocycles. The van der Waals surface area contributed by atoms with Gasteiger partial charge in [-0.25, -0.2) is 4.98 Å². The van der Waals surface area contributed by atoms with Crippen molar-refractivity contribution in [3.63, 3.8) is 0 Å². The molecule has 0 N–H and O–H groups in total. The number of ether oxygens (including phenoxy) is 1. The van der Waals surface area contributed by atoms with Gasteiger partial charge in [0.2, 0.25) is 11.8 Å². The number of carbonyl (C=O) groups excluding carboxylic acids is 2. The van der Waals surface area contributed by atoms with E-state index >= 15 is 0 Å². The van der Waals surface area contributed by atoms with Gasteiger partial charge < -0.3 is 19.1 Å². The molecule has 0 aromatic carbocycles. The molecule has 2 bridgehead atoms. The Bertz CT molecular complexity index is 786. The van der Waals surface area contributed by atoms with Gasteiger partial charge in [0, 0.05) is 33.0 Å². The third-order valence-corrected chi connectivity index (χ3v) is 6.12. The lowest BCUT2D eigenvalue weighted by molar-refractivity contribution is -0.142. The Kier molecular flexibility index (Phi) is 4.37. The van der Waals surface area contributed by atoms with E-state index in [1.807, 2.05) is 34.9 Å². The van der Waals surface area contributed by atoms with Crippen molar-refractivity contribution in [2.75, 3.05) is 20.1 Å². The highest BCUT2D eigenvalue weighted by atomic mass is 16.5. The van der Waals surface area contributed by atoms with Crippen molar-refractivity contribution in [2.45, 2.75) is 38.5 Å². The van der Waals surface area contributed by atoms with Crippen LogP contribution in [0.4, 0.5) is 0 Å². The van der Waals surface area contributed by atoms with E-state index in [-0.39, 0.29) is 17.9 Å². The fourth-order valence-electron chi connectivity index (χ4n) is 4.56. The van der Waals surface area contributed by atoms with E-state index in [4.69, 9.17) is 4.74 Å². The molecule has 4 heterocycles. The summed E-state index contributed by atoms with van der Waals surface area (Å²) in [6, 6.07) is 0. The maximum absolute atomic E-state index is 13.2. The molecule has 3 aliphatic heterocycles. The summed E-state index contributed by atoms with van der Waals surface area (Å²) in [6.07, 6.45) is 8.21. The molecule has 1 spiro atoms. The van der Waals surface area contributed by atoms with Crippen molar-refractivity contribution in [3.8, 4) is 0 Å². The van der Waals surface area contributed by atoms with E-state index in [0.29, 0.717) is 19.0 Å². The third kappa shape index (κ3) is 2.88. The number of nitrogens with zero attached hydrogens (tertiary/aromatic N) is 4. The van der Waals surface area contributed by atoms with Crippen molar-refractivity contribution in [2.24, 2.45) is 24.8 Å². The third-order valence-electron chi connectivity index (χ3n) is 6.12. The minimum Gasteiger partial charge on any atom is -0.360 e. The number of amides is 2. The monoisotopic (exact) mass is 372 g/mol. The highest BCUT2D eigenvalue weighted by Crippen LogP contribution is 2.52. The lowest BCUT2D eigenvalue weighted by atomic mass is 9.76. The maximum atomic E-state index is 13.2. The number of hydrogen-bond acceptors (Lipinski definition) is 4. The first kappa shape index (κ1) is 18.2. The summed E-state index contributed by atoms with van der Waals surface area (Å²) in [5, 5.41) is 0. The number of aryl methyl sites for hydroxylation is 1. The number of carbonyl (C=O) groups is 2. The molecule has 146 valence electrons. The summed E-state index contributed by atoms with van der Waals surface area (Å²) in [6.45, 7) is 6.01. The Morgan fingerprint density at radius 3 is 2.93 bits per heavy atom. The summed E-state index contributed by atoms with van der Waals surface area (Å²) in [7, 11) is 3.68. The van der Waals surface area contributed by atoms with E-state index in [1.54, 1.807) is 18.1 Å². The molecule has 2 amide bonds. The number of fused-ring (bicyclic) bond motifs is 1. The Balaban J connectivity index is 1.52. The molecule has 1 aromatic rings. The zero-order chi connectivity index (χ0) is 19.3. The number of rotatable bonds is 6. The van der Waals surface area contributed by atoms with Gasteiger partial charge in [-0.2, -0.15) is 0 Å². The topological polar surface area (TPSA) is 67.7 Å². The SMILES string of the molecule is CC(C)CCN1C[C@]23C=C[C@H](O2)[C@@H](C(=O)N(C)Cc2nccn2C)[C@@H]3C1=O. The van der Waals surface area contributed by atoms with Gasteiger partial charge in [-0.05, 0) is 12.3 Å².